The Morgan fingerprint density at radius 1 is 1.20 bits per heavy atom. The number of hydroxylamine groups is 1. The van der Waals surface area contributed by atoms with Crippen LogP contribution in [0, 0.1) is 0 Å². The summed E-state index contributed by atoms with van der Waals surface area (Å²) in [6.07, 6.45) is 0. The van der Waals surface area contributed by atoms with Crippen LogP contribution < -0.4 is 5.48 Å². The molecule has 2 nitrogen and oxygen atoms in total. The van der Waals surface area contributed by atoms with Crippen molar-refractivity contribution < 1.29 is 4.53 Å². The number of hydrogen-bond donors (Lipinski definition) is 1. The van der Waals surface area contributed by atoms with Crippen LogP contribution in [0.3, 0.4) is 0 Å². The summed E-state index contributed by atoms with van der Waals surface area (Å²) in [5.74, 6) is 0. The zero-order valence-electron chi connectivity index (χ0n) is 7.91. The van der Waals surface area contributed by atoms with Crippen LogP contribution in [0.2, 0.25) is 18.1 Å². The maximum absolute atomic E-state index is 5.48. The van der Waals surface area contributed by atoms with E-state index in [1.807, 2.05) is 7.05 Å². The largest absolute Gasteiger partial charge is 0.345 e. The summed E-state index contributed by atoms with van der Waals surface area (Å²) in [5.41, 5.74) is 2.78. The average Bonchev–Trinajstić information content (AvgIpc) is 1.61. The van der Waals surface area contributed by atoms with Gasteiger partial charge >= 0.3 is 0 Å². The first-order valence-corrected chi connectivity index (χ1v) is 6.57. The summed E-state index contributed by atoms with van der Waals surface area (Å²) in [7, 11) is 0.304. The molecule has 0 rings (SSSR count). The minimum Gasteiger partial charge on any atom is -0.345 e. The van der Waals surface area contributed by atoms with Crippen molar-refractivity contribution in [1.82, 2.24) is 5.48 Å². The van der Waals surface area contributed by atoms with Gasteiger partial charge in [0.1, 0.15) is 0 Å². The van der Waals surface area contributed by atoms with E-state index in [9.17, 15) is 0 Å². The summed E-state index contributed by atoms with van der Waals surface area (Å²) in [6.45, 7) is 11.1. The Hall–Kier alpha value is 0.137. The summed E-state index contributed by atoms with van der Waals surface area (Å²) in [4.78, 5) is 0. The molecular formula is C7H19NOSi. The fourth-order valence-corrected chi connectivity index (χ4v) is 1.22. The minimum atomic E-state index is -1.52. The van der Waals surface area contributed by atoms with Crippen LogP contribution >= 0.6 is 0 Å². The Kier molecular flexibility index (Phi) is 3.07. The van der Waals surface area contributed by atoms with Crippen molar-refractivity contribution in [2.45, 2.75) is 38.9 Å². The molecule has 0 aromatic rings. The van der Waals surface area contributed by atoms with Gasteiger partial charge in [0, 0.05) is 7.05 Å². The first-order chi connectivity index (χ1) is 4.31. The first kappa shape index (κ1) is 10.1. The number of nitrogens with one attached hydrogen (secondary N) is 1. The second-order valence-corrected chi connectivity index (χ2v) is 8.79. The van der Waals surface area contributed by atoms with E-state index in [0.717, 1.165) is 0 Å². The highest BCUT2D eigenvalue weighted by molar-refractivity contribution is 6.74. The summed E-state index contributed by atoms with van der Waals surface area (Å²) < 4.78 is 5.48. The van der Waals surface area contributed by atoms with E-state index in [0.29, 0.717) is 5.04 Å². The average molecular weight is 161 g/mol. The molecule has 3 heteroatoms. The predicted molar refractivity (Wildman–Crippen MR) is 47.3 cm³/mol. The Morgan fingerprint density at radius 3 is 1.70 bits per heavy atom. The zero-order valence-corrected chi connectivity index (χ0v) is 8.91. The van der Waals surface area contributed by atoms with Gasteiger partial charge in [-0.1, -0.05) is 20.8 Å². The van der Waals surface area contributed by atoms with E-state index >= 15 is 0 Å². The van der Waals surface area contributed by atoms with Crippen LogP contribution in [0.5, 0.6) is 0 Å². The first-order valence-electron chi connectivity index (χ1n) is 3.66. The van der Waals surface area contributed by atoms with Gasteiger partial charge in [0.15, 0.2) is 0 Å². The van der Waals surface area contributed by atoms with Crippen molar-refractivity contribution >= 4 is 8.32 Å². The predicted octanol–water partition coefficient (Wildman–Crippen LogP) is 2.14. The molecule has 0 aromatic heterocycles. The van der Waals surface area contributed by atoms with Crippen LogP contribution in [0.15, 0.2) is 0 Å². The van der Waals surface area contributed by atoms with Crippen LogP contribution in [-0.4, -0.2) is 15.4 Å². The van der Waals surface area contributed by atoms with Gasteiger partial charge < -0.3 is 4.53 Å². The van der Waals surface area contributed by atoms with Crippen molar-refractivity contribution in [3.05, 3.63) is 0 Å². The molecule has 62 valence electrons. The maximum atomic E-state index is 5.48. The highest BCUT2D eigenvalue weighted by Gasteiger charge is 2.37. The van der Waals surface area contributed by atoms with Crippen molar-refractivity contribution in [1.29, 1.82) is 0 Å². The Morgan fingerprint density at radius 2 is 1.60 bits per heavy atom. The lowest BCUT2D eigenvalue weighted by molar-refractivity contribution is 0.199. The summed E-state index contributed by atoms with van der Waals surface area (Å²) >= 11 is 0. The lowest BCUT2D eigenvalue weighted by Crippen LogP contribution is -2.44. The molecule has 0 aliphatic rings. The lowest BCUT2D eigenvalue weighted by atomic mass is 10.2. The monoisotopic (exact) mass is 161 g/mol. The highest BCUT2D eigenvalue weighted by Crippen LogP contribution is 2.35. The van der Waals surface area contributed by atoms with Crippen molar-refractivity contribution in [2.24, 2.45) is 0 Å². The molecule has 1 N–H and O–H groups in total. The molecule has 0 heterocycles. The van der Waals surface area contributed by atoms with E-state index in [1.54, 1.807) is 0 Å². The van der Waals surface area contributed by atoms with Gasteiger partial charge in [0.25, 0.3) is 0 Å². The van der Waals surface area contributed by atoms with Crippen LogP contribution in [0.25, 0.3) is 0 Å². The summed E-state index contributed by atoms with van der Waals surface area (Å²) in [5, 5.41) is 0.302. The van der Waals surface area contributed by atoms with E-state index in [1.165, 1.54) is 0 Å². The summed E-state index contributed by atoms with van der Waals surface area (Å²) in [6, 6.07) is 0. The van der Waals surface area contributed by atoms with Crippen LogP contribution in [-0.2, 0) is 4.53 Å². The molecule has 0 aromatic carbocycles. The lowest BCUT2D eigenvalue weighted by Gasteiger charge is -2.34. The van der Waals surface area contributed by atoms with E-state index in [4.69, 9.17) is 4.53 Å². The molecule has 0 spiro atoms. The third-order valence-electron chi connectivity index (χ3n) is 2.16. The molecule has 0 radical (unpaired) electrons. The van der Waals surface area contributed by atoms with Crippen LogP contribution in [0.1, 0.15) is 20.8 Å². The third kappa shape index (κ3) is 2.40. The highest BCUT2D eigenvalue weighted by atomic mass is 28.4. The van der Waals surface area contributed by atoms with Crippen molar-refractivity contribution in [2.75, 3.05) is 7.05 Å². The van der Waals surface area contributed by atoms with Crippen molar-refractivity contribution in [3.63, 3.8) is 0 Å². The molecule has 0 saturated heterocycles. The van der Waals surface area contributed by atoms with Gasteiger partial charge in [0.2, 0.25) is 8.32 Å². The van der Waals surface area contributed by atoms with Gasteiger partial charge in [-0.25, -0.2) is 5.48 Å². The number of rotatable bonds is 2. The molecule has 0 saturated carbocycles. The SMILES string of the molecule is CNO[Si](C)(C)C(C)(C)C. The maximum Gasteiger partial charge on any atom is 0.219 e. The Balaban J connectivity index is 4.10. The zero-order chi connectivity index (χ0) is 8.41. The molecule has 10 heavy (non-hydrogen) atoms. The van der Waals surface area contributed by atoms with E-state index < -0.39 is 8.32 Å². The van der Waals surface area contributed by atoms with Gasteiger partial charge in [-0.3, -0.25) is 0 Å². The van der Waals surface area contributed by atoms with Gasteiger partial charge in [-0.05, 0) is 18.1 Å². The topological polar surface area (TPSA) is 21.3 Å². The molecular weight excluding hydrogens is 142 g/mol. The molecule has 0 bridgehead atoms. The third-order valence-corrected chi connectivity index (χ3v) is 6.49. The molecule has 0 fully saturated rings. The normalized spacial score (nSPS) is 13.8. The Bertz CT molecular complexity index is 107. The molecule has 0 atom stereocenters. The molecule has 0 aliphatic heterocycles. The van der Waals surface area contributed by atoms with E-state index in [-0.39, 0.29) is 0 Å². The second kappa shape index (κ2) is 3.03. The minimum absolute atomic E-state index is 0.302. The van der Waals surface area contributed by atoms with Crippen LogP contribution in [0.4, 0.5) is 0 Å². The molecule has 0 unspecified atom stereocenters. The molecule has 0 amide bonds. The number of hydrogen-bond acceptors (Lipinski definition) is 2. The quantitative estimate of drug-likeness (QED) is 0.495. The Labute approximate surface area is 65.1 Å². The smallest absolute Gasteiger partial charge is 0.219 e. The second-order valence-electron chi connectivity index (χ2n) is 4.07. The molecule has 0 aliphatic carbocycles. The standard InChI is InChI=1S/C7H19NOSi/c1-7(2,3)10(5,6)9-8-4/h8H,1-6H3. The van der Waals surface area contributed by atoms with Gasteiger partial charge in [0.05, 0.1) is 0 Å². The van der Waals surface area contributed by atoms with E-state index in [2.05, 4.69) is 39.3 Å². The van der Waals surface area contributed by atoms with Gasteiger partial charge in [-0.15, -0.1) is 0 Å². The fourth-order valence-electron chi connectivity index (χ4n) is 0.408. The fraction of sp³-hybridized carbons (Fsp3) is 1.00. The van der Waals surface area contributed by atoms with Gasteiger partial charge in [-0.2, -0.15) is 0 Å². The van der Waals surface area contributed by atoms with Crippen molar-refractivity contribution in [3.8, 4) is 0 Å².